The molecule has 1 N–H and O–H groups in total. The molecule has 0 fully saturated rings. The summed E-state index contributed by atoms with van der Waals surface area (Å²) in [5.41, 5.74) is 2.31. The van der Waals surface area contributed by atoms with E-state index in [1.807, 2.05) is 45.0 Å². The molecule has 22 heavy (non-hydrogen) atoms. The van der Waals surface area contributed by atoms with Crippen LogP contribution >= 0.6 is 23.1 Å². The fourth-order valence-electron chi connectivity index (χ4n) is 1.69. The van der Waals surface area contributed by atoms with Crippen LogP contribution in [0.3, 0.4) is 0 Å². The molecule has 1 amide bonds. The van der Waals surface area contributed by atoms with Gasteiger partial charge in [-0.05, 0) is 43.2 Å². The summed E-state index contributed by atoms with van der Waals surface area (Å²) >= 11 is 2.73. The third-order valence-electron chi connectivity index (χ3n) is 2.79. The number of aryl methyl sites for hydroxylation is 1. The molecule has 0 aliphatic carbocycles. The predicted molar refractivity (Wildman–Crippen MR) is 89.4 cm³/mol. The Morgan fingerprint density at radius 2 is 2.14 bits per heavy atom. The average molecular weight is 337 g/mol. The van der Waals surface area contributed by atoms with Crippen LogP contribution < -0.4 is 10.1 Å². The molecule has 2 aromatic rings. The van der Waals surface area contributed by atoms with Gasteiger partial charge in [-0.25, -0.2) is 0 Å². The molecule has 0 spiro atoms. The van der Waals surface area contributed by atoms with Gasteiger partial charge in [0.05, 0.1) is 11.9 Å². The third-order valence-corrected chi connectivity index (χ3v) is 4.74. The summed E-state index contributed by atoms with van der Waals surface area (Å²) < 4.78 is 6.19. The number of benzene rings is 1. The minimum Gasteiger partial charge on any atom is -0.466 e. The minimum absolute atomic E-state index is 0.0187. The van der Waals surface area contributed by atoms with Crippen molar-refractivity contribution in [3.05, 3.63) is 35.4 Å². The summed E-state index contributed by atoms with van der Waals surface area (Å²) in [5, 5.41) is 11.4. The summed E-state index contributed by atoms with van der Waals surface area (Å²) in [6.45, 7) is 6.46. The molecule has 1 heterocycles. The fourth-order valence-corrected chi connectivity index (χ4v) is 3.32. The molecule has 0 radical (unpaired) electrons. The zero-order valence-electron chi connectivity index (χ0n) is 12.8. The quantitative estimate of drug-likeness (QED) is 0.787. The van der Waals surface area contributed by atoms with E-state index in [2.05, 4.69) is 15.5 Å². The van der Waals surface area contributed by atoms with Gasteiger partial charge in [0.1, 0.15) is 0 Å². The maximum absolute atomic E-state index is 11.9. The zero-order valence-corrected chi connectivity index (χ0v) is 14.5. The van der Waals surface area contributed by atoms with Crippen LogP contribution in [-0.2, 0) is 11.3 Å². The Balaban J connectivity index is 1.76. The smallest absolute Gasteiger partial charge is 0.295 e. The Bertz CT molecular complexity index is 629. The SMILES string of the molecule is Cc1ccccc1CNC(=O)CSc1nnc(OC(C)C)s1. The molecule has 0 unspecified atom stereocenters. The number of nitrogens with zero attached hydrogens (tertiary/aromatic N) is 2. The second-order valence-electron chi connectivity index (χ2n) is 4.99. The Hall–Kier alpha value is -1.60. The van der Waals surface area contributed by atoms with E-state index in [1.54, 1.807) is 0 Å². The van der Waals surface area contributed by atoms with E-state index in [-0.39, 0.29) is 12.0 Å². The molecule has 1 aromatic heterocycles. The van der Waals surface area contributed by atoms with E-state index in [4.69, 9.17) is 4.74 Å². The molecule has 118 valence electrons. The van der Waals surface area contributed by atoms with Crippen LogP contribution in [0.15, 0.2) is 28.6 Å². The first-order valence-electron chi connectivity index (χ1n) is 6.98. The van der Waals surface area contributed by atoms with Crippen molar-refractivity contribution in [2.24, 2.45) is 0 Å². The van der Waals surface area contributed by atoms with Gasteiger partial charge in [-0.15, -0.1) is 5.10 Å². The molecule has 0 bridgehead atoms. The average Bonchev–Trinajstić information content (AvgIpc) is 2.91. The second kappa shape index (κ2) is 8.14. The van der Waals surface area contributed by atoms with Crippen LogP contribution in [0.5, 0.6) is 5.19 Å². The number of hydrogen-bond acceptors (Lipinski definition) is 6. The van der Waals surface area contributed by atoms with Gasteiger partial charge in [0.2, 0.25) is 5.91 Å². The lowest BCUT2D eigenvalue weighted by Crippen LogP contribution is -2.24. The Labute approximate surface area is 138 Å². The third kappa shape index (κ3) is 5.31. The highest BCUT2D eigenvalue weighted by Gasteiger charge is 2.10. The summed E-state index contributed by atoms with van der Waals surface area (Å²) in [6, 6.07) is 8.01. The lowest BCUT2D eigenvalue weighted by molar-refractivity contribution is -0.118. The van der Waals surface area contributed by atoms with Crippen molar-refractivity contribution in [2.75, 3.05) is 5.75 Å². The number of thioether (sulfide) groups is 1. The van der Waals surface area contributed by atoms with Gasteiger partial charge in [0, 0.05) is 6.54 Å². The highest BCUT2D eigenvalue weighted by molar-refractivity contribution is 8.01. The summed E-state index contributed by atoms with van der Waals surface area (Å²) in [6.07, 6.45) is 0.0724. The number of amides is 1. The maximum atomic E-state index is 11.9. The van der Waals surface area contributed by atoms with Crippen LogP contribution in [0, 0.1) is 6.92 Å². The van der Waals surface area contributed by atoms with Gasteiger partial charge in [-0.2, -0.15) is 0 Å². The van der Waals surface area contributed by atoms with Crippen LogP contribution in [-0.4, -0.2) is 28.0 Å². The standard InChI is InChI=1S/C15H19N3O2S2/c1-10(2)20-14-17-18-15(22-14)21-9-13(19)16-8-12-7-5-4-6-11(12)3/h4-7,10H,8-9H2,1-3H3,(H,16,19). The van der Waals surface area contributed by atoms with E-state index in [0.29, 0.717) is 17.5 Å². The number of hydrogen-bond donors (Lipinski definition) is 1. The van der Waals surface area contributed by atoms with Crippen LogP contribution in [0.25, 0.3) is 0 Å². The molecule has 0 saturated heterocycles. The number of ether oxygens (including phenoxy) is 1. The molecule has 0 aliphatic heterocycles. The Morgan fingerprint density at radius 3 is 2.86 bits per heavy atom. The van der Waals surface area contributed by atoms with Crippen molar-refractivity contribution in [1.29, 1.82) is 0 Å². The summed E-state index contributed by atoms with van der Waals surface area (Å²) in [7, 11) is 0. The number of carbonyl (C=O) groups is 1. The predicted octanol–water partition coefficient (Wildman–Crippen LogP) is 3.04. The number of carbonyl (C=O) groups excluding carboxylic acids is 1. The first kappa shape index (κ1) is 16.8. The minimum atomic E-state index is -0.0187. The van der Waals surface area contributed by atoms with Gasteiger partial charge in [-0.1, -0.05) is 41.1 Å². The normalized spacial score (nSPS) is 10.7. The van der Waals surface area contributed by atoms with Crippen molar-refractivity contribution in [2.45, 2.75) is 37.8 Å². The van der Waals surface area contributed by atoms with Gasteiger partial charge in [0.25, 0.3) is 5.19 Å². The summed E-state index contributed by atoms with van der Waals surface area (Å²) in [5.74, 6) is 0.303. The largest absolute Gasteiger partial charge is 0.466 e. The van der Waals surface area contributed by atoms with Crippen molar-refractivity contribution in [1.82, 2.24) is 15.5 Å². The number of aromatic nitrogens is 2. The van der Waals surface area contributed by atoms with Gasteiger partial charge in [-0.3, -0.25) is 4.79 Å². The molecule has 0 aliphatic rings. The van der Waals surface area contributed by atoms with E-state index in [0.717, 1.165) is 9.90 Å². The number of nitrogens with one attached hydrogen (secondary N) is 1. The molecule has 1 aromatic carbocycles. The van der Waals surface area contributed by atoms with E-state index in [1.165, 1.54) is 28.7 Å². The molecule has 7 heteroatoms. The van der Waals surface area contributed by atoms with Crippen molar-refractivity contribution in [3.63, 3.8) is 0 Å². The molecular formula is C15H19N3O2S2. The lowest BCUT2D eigenvalue weighted by Gasteiger charge is -2.07. The Morgan fingerprint density at radius 1 is 1.36 bits per heavy atom. The number of rotatable bonds is 7. The Kier molecular flexibility index (Phi) is 6.21. The van der Waals surface area contributed by atoms with Crippen molar-refractivity contribution in [3.8, 4) is 5.19 Å². The second-order valence-corrected chi connectivity index (χ2v) is 7.15. The van der Waals surface area contributed by atoms with Gasteiger partial charge < -0.3 is 10.1 Å². The van der Waals surface area contributed by atoms with E-state index in [9.17, 15) is 4.79 Å². The van der Waals surface area contributed by atoms with Crippen molar-refractivity contribution < 1.29 is 9.53 Å². The monoisotopic (exact) mass is 337 g/mol. The van der Waals surface area contributed by atoms with Crippen LogP contribution in [0.1, 0.15) is 25.0 Å². The first-order chi connectivity index (χ1) is 10.5. The summed E-state index contributed by atoms with van der Waals surface area (Å²) in [4.78, 5) is 11.9. The highest BCUT2D eigenvalue weighted by atomic mass is 32.2. The molecule has 5 nitrogen and oxygen atoms in total. The van der Waals surface area contributed by atoms with Crippen molar-refractivity contribution >= 4 is 29.0 Å². The highest BCUT2D eigenvalue weighted by Crippen LogP contribution is 2.27. The van der Waals surface area contributed by atoms with E-state index >= 15 is 0 Å². The van der Waals surface area contributed by atoms with Gasteiger partial charge >= 0.3 is 0 Å². The lowest BCUT2D eigenvalue weighted by atomic mass is 10.1. The first-order valence-corrected chi connectivity index (χ1v) is 8.79. The maximum Gasteiger partial charge on any atom is 0.295 e. The van der Waals surface area contributed by atoms with Crippen LogP contribution in [0.2, 0.25) is 0 Å². The van der Waals surface area contributed by atoms with Gasteiger partial charge in [0.15, 0.2) is 4.34 Å². The fraction of sp³-hybridized carbons (Fsp3) is 0.400. The molecule has 0 atom stereocenters. The topological polar surface area (TPSA) is 64.1 Å². The molecule has 0 saturated carbocycles. The van der Waals surface area contributed by atoms with E-state index < -0.39 is 0 Å². The zero-order chi connectivity index (χ0) is 15.9. The molecular weight excluding hydrogens is 318 g/mol. The molecule has 2 rings (SSSR count). The van der Waals surface area contributed by atoms with Crippen LogP contribution in [0.4, 0.5) is 0 Å².